The number of hydrogen-bond acceptors (Lipinski definition) is 4. The monoisotopic (exact) mass is 301 g/mol. The maximum Gasteiger partial charge on any atom is 0.224 e. The number of amides is 1. The number of anilines is 2. The fourth-order valence-corrected chi connectivity index (χ4v) is 3.74. The maximum absolute atomic E-state index is 11.9. The number of nitrogens with zero attached hydrogens (tertiary/aromatic N) is 2. The summed E-state index contributed by atoms with van der Waals surface area (Å²) in [6.07, 6.45) is 0.884. The summed E-state index contributed by atoms with van der Waals surface area (Å²) < 4.78 is 0. The summed E-state index contributed by atoms with van der Waals surface area (Å²) in [6.45, 7) is 5.72. The van der Waals surface area contributed by atoms with Gasteiger partial charge in [-0.2, -0.15) is 0 Å². The number of thiazole rings is 1. The van der Waals surface area contributed by atoms with Crippen molar-refractivity contribution < 1.29 is 4.79 Å². The molecule has 1 aromatic heterocycles. The molecular weight excluding hydrogens is 282 g/mol. The zero-order valence-corrected chi connectivity index (χ0v) is 13.3. The minimum Gasteiger partial charge on any atom is -0.355 e. The van der Waals surface area contributed by atoms with Crippen LogP contribution in [0.25, 0.3) is 0 Å². The molecule has 2 atom stereocenters. The van der Waals surface area contributed by atoms with Gasteiger partial charge in [-0.15, -0.1) is 11.3 Å². The molecule has 0 saturated carbocycles. The highest BCUT2D eigenvalue weighted by atomic mass is 32.1. The standard InChI is InChI=1S/C16H19N3OS/c1-10-9-21-16(17-10)18-14-8-11(2)19(12(3)20)15-7-5-4-6-13(14)15/h4-7,9,11,14H,8H2,1-3H3,(H,17,18)/t11-,14+/m1/s1. The number of fused-ring (bicyclic) bond motifs is 1. The summed E-state index contributed by atoms with van der Waals surface area (Å²) in [5.74, 6) is 0.0958. The number of carbonyl (C=O) groups is 1. The molecule has 1 aromatic carbocycles. The van der Waals surface area contributed by atoms with Crippen LogP contribution in [0, 0.1) is 6.92 Å². The summed E-state index contributed by atoms with van der Waals surface area (Å²) in [4.78, 5) is 18.3. The number of carbonyl (C=O) groups excluding carboxylic acids is 1. The first-order valence-corrected chi connectivity index (χ1v) is 8.01. The van der Waals surface area contributed by atoms with E-state index in [0.717, 1.165) is 22.9 Å². The van der Waals surface area contributed by atoms with Gasteiger partial charge in [-0.05, 0) is 31.9 Å². The lowest BCUT2D eigenvalue weighted by atomic mass is 9.92. The number of rotatable bonds is 2. The zero-order chi connectivity index (χ0) is 15.0. The number of nitrogens with one attached hydrogen (secondary N) is 1. The van der Waals surface area contributed by atoms with Gasteiger partial charge in [0.1, 0.15) is 0 Å². The summed E-state index contributed by atoms with van der Waals surface area (Å²) in [6, 6.07) is 8.49. The fraction of sp³-hybridized carbons (Fsp3) is 0.375. The molecule has 0 aliphatic carbocycles. The normalized spacial score (nSPS) is 21.0. The van der Waals surface area contributed by atoms with Crippen LogP contribution in [0.4, 0.5) is 10.8 Å². The second-order valence-corrected chi connectivity index (χ2v) is 6.38. The van der Waals surface area contributed by atoms with Crippen molar-refractivity contribution >= 4 is 28.1 Å². The molecule has 0 bridgehead atoms. The highest BCUT2D eigenvalue weighted by molar-refractivity contribution is 7.13. The molecule has 0 fully saturated rings. The van der Waals surface area contributed by atoms with Crippen molar-refractivity contribution in [2.24, 2.45) is 0 Å². The van der Waals surface area contributed by atoms with E-state index < -0.39 is 0 Å². The molecule has 5 heteroatoms. The Morgan fingerprint density at radius 3 is 2.86 bits per heavy atom. The predicted molar refractivity (Wildman–Crippen MR) is 86.9 cm³/mol. The molecule has 110 valence electrons. The summed E-state index contributed by atoms with van der Waals surface area (Å²) >= 11 is 1.62. The van der Waals surface area contributed by atoms with Crippen LogP contribution >= 0.6 is 11.3 Å². The SMILES string of the molecule is CC(=O)N1c2ccccc2[C@@H](Nc2nc(C)cs2)C[C@H]1C. The van der Waals surface area contributed by atoms with E-state index >= 15 is 0 Å². The van der Waals surface area contributed by atoms with E-state index in [4.69, 9.17) is 0 Å². The topological polar surface area (TPSA) is 45.2 Å². The van der Waals surface area contributed by atoms with Crippen LogP contribution in [-0.4, -0.2) is 16.9 Å². The Labute approximate surface area is 128 Å². The van der Waals surface area contributed by atoms with Gasteiger partial charge < -0.3 is 10.2 Å². The van der Waals surface area contributed by atoms with E-state index in [1.54, 1.807) is 18.3 Å². The second kappa shape index (κ2) is 5.48. The number of para-hydroxylation sites is 1. The van der Waals surface area contributed by atoms with Gasteiger partial charge in [0, 0.05) is 24.0 Å². The van der Waals surface area contributed by atoms with Crippen LogP contribution in [0.5, 0.6) is 0 Å². The molecule has 21 heavy (non-hydrogen) atoms. The van der Waals surface area contributed by atoms with Gasteiger partial charge in [0.2, 0.25) is 5.91 Å². The first kappa shape index (κ1) is 14.1. The Morgan fingerprint density at radius 1 is 1.43 bits per heavy atom. The van der Waals surface area contributed by atoms with Crippen LogP contribution in [0.1, 0.15) is 37.6 Å². The van der Waals surface area contributed by atoms with Crippen LogP contribution in [0.3, 0.4) is 0 Å². The van der Waals surface area contributed by atoms with Gasteiger partial charge in [-0.25, -0.2) is 4.98 Å². The Kier molecular flexibility index (Phi) is 3.68. The molecule has 0 spiro atoms. The molecule has 4 nitrogen and oxygen atoms in total. The first-order chi connectivity index (χ1) is 10.1. The molecule has 2 heterocycles. The predicted octanol–water partition coefficient (Wildman–Crippen LogP) is 3.75. The van der Waals surface area contributed by atoms with Crippen molar-refractivity contribution in [3.8, 4) is 0 Å². The molecule has 1 amide bonds. The number of aryl methyl sites for hydroxylation is 1. The Morgan fingerprint density at radius 2 is 2.19 bits per heavy atom. The first-order valence-electron chi connectivity index (χ1n) is 7.13. The molecule has 1 aliphatic rings. The minimum absolute atomic E-state index is 0.0958. The van der Waals surface area contributed by atoms with Crippen molar-refractivity contribution in [3.63, 3.8) is 0 Å². The molecule has 0 saturated heterocycles. The van der Waals surface area contributed by atoms with Crippen molar-refractivity contribution in [2.75, 3.05) is 10.2 Å². The zero-order valence-electron chi connectivity index (χ0n) is 12.5. The van der Waals surface area contributed by atoms with E-state index in [0.29, 0.717) is 0 Å². The molecule has 3 rings (SSSR count). The minimum atomic E-state index is 0.0958. The molecule has 1 N–H and O–H groups in total. The van der Waals surface area contributed by atoms with Crippen molar-refractivity contribution in [1.82, 2.24) is 4.98 Å². The van der Waals surface area contributed by atoms with Crippen LogP contribution in [0.2, 0.25) is 0 Å². The average molecular weight is 301 g/mol. The Hall–Kier alpha value is -1.88. The quantitative estimate of drug-likeness (QED) is 0.919. The Balaban J connectivity index is 1.96. The van der Waals surface area contributed by atoms with Gasteiger partial charge in [-0.1, -0.05) is 18.2 Å². The van der Waals surface area contributed by atoms with Gasteiger partial charge in [0.25, 0.3) is 0 Å². The summed E-state index contributed by atoms with van der Waals surface area (Å²) in [5.41, 5.74) is 3.21. The molecule has 0 radical (unpaired) electrons. The highest BCUT2D eigenvalue weighted by Gasteiger charge is 2.32. The lowest BCUT2D eigenvalue weighted by Gasteiger charge is -2.39. The van der Waals surface area contributed by atoms with Crippen molar-refractivity contribution in [2.45, 2.75) is 39.3 Å². The number of aromatic nitrogens is 1. The number of benzene rings is 1. The van der Waals surface area contributed by atoms with Gasteiger partial charge in [-0.3, -0.25) is 4.79 Å². The Bertz CT molecular complexity index is 667. The smallest absolute Gasteiger partial charge is 0.224 e. The fourth-order valence-electron chi connectivity index (χ4n) is 3.00. The maximum atomic E-state index is 11.9. The van der Waals surface area contributed by atoms with Crippen LogP contribution in [0.15, 0.2) is 29.6 Å². The molecule has 0 unspecified atom stereocenters. The third kappa shape index (κ3) is 2.65. The van der Waals surface area contributed by atoms with Gasteiger partial charge in [0.15, 0.2) is 5.13 Å². The lowest BCUT2D eigenvalue weighted by Crippen LogP contribution is -2.43. The largest absolute Gasteiger partial charge is 0.355 e. The van der Waals surface area contributed by atoms with E-state index in [1.165, 1.54) is 5.56 Å². The summed E-state index contributed by atoms with van der Waals surface area (Å²) in [5, 5.41) is 6.50. The number of hydrogen-bond donors (Lipinski definition) is 1. The summed E-state index contributed by atoms with van der Waals surface area (Å²) in [7, 11) is 0. The molecular formula is C16H19N3OS. The highest BCUT2D eigenvalue weighted by Crippen LogP contribution is 2.39. The van der Waals surface area contributed by atoms with Gasteiger partial charge in [0.05, 0.1) is 11.7 Å². The van der Waals surface area contributed by atoms with E-state index in [2.05, 4.69) is 23.3 Å². The third-order valence-corrected chi connectivity index (χ3v) is 4.74. The molecule has 1 aliphatic heterocycles. The van der Waals surface area contributed by atoms with E-state index in [-0.39, 0.29) is 18.0 Å². The molecule has 2 aromatic rings. The van der Waals surface area contributed by atoms with Crippen LogP contribution in [-0.2, 0) is 4.79 Å². The van der Waals surface area contributed by atoms with E-state index in [1.807, 2.05) is 35.4 Å². The van der Waals surface area contributed by atoms with Crippen molar-refractivity contribution in [3.05, 3.63) is 40.9 Å². The van der Waals surface area contributed by atoms with Crippen molar-refractivity contribution in [1.29, 1.82) is 0 Å². The second-order valence-electron chi connectivity index (χ2n) is 5.52. The van der Waals surface area contributed by atoms with E-state index in [9.17, 15) is 4.79 Å². The lowest BCUT2D eigenvalue weighted by molar-refractivity contribution is -0.117. The van der Waals surface area contributed by atoms with Crippen LogP contribution < -0.4 is 10.2 Å². The average Bonchev–Trinajstić information content (AvgIpc) is 2.83. The van der Waals surface area contributed by atoms with Gasteiger partial charge >= 0.3 is 0 Å². The third-order valence-electron chi connectivity index (χ3n) is 3.85.